The first-order valence-corrected chi connectivity index (χ1v) is 16.2. The maximum Gasteiger partial charge on any atom is 0.249 e. The number of fused-ring (bicyclic) bond motifs is 2. The number of aliphatic hydroxyl groups excluding tert-OH is 1. The summed E-state index contributed by atoms with van der Waals surface area (Å²) in [5, 5.41) is 10.6. The Morgan fingerprint density at radius 3 is 2.30 bits per heavy atom. The number of morpholine rings is 1. The predicted octanol–water partition coefficient (Wildman–Crippen LogP) is 1.69. The minimum Gasteiger partial charge on any atom is -0.394 e. The van der Waals surface area contributed by atoms with E-state index in [1.807, 2.05) is 75.4 Å². The molecular weight excluding hydrogens is 560 g/mol. The van der Waals surface area contributed by atoms with E-state index in [1.165, 1.54) is 0 Å². The summed E-state index contributed by atoms with van der Waals surface area (Å²) in [7, 11) is 0. The lowest BCUT2D eigenvalue weighted by Crippen LogP contribution is -2.60. The summed E-state index contributed by atoms with van der Waals surface area (Å²) in [4.78, 5) is 51.5. The molecule has 3 amide bonds. The Kier molecular flexibility index (Phi) is 8.71. The predicted molar refractivity (Wildman–Crippen MR) is 164 cm³/mol. The van der Waals surface area contributed by atoms with Gasteiger partial charge in [-0.3, -0.25) is 19.3 Å². The van der Waals surface area contributed by atoms with Crippen molar-refractivity contribution < 1.29 is 29.0 Å². The second kappa shape index (κ2) is 12.4. The number of aliphatic hydroxyl groups is 1. The lowest BCUT2D eigenvalue weighted by molar-refractivity contribution is -0.158. The summed E-state index contributed by atoms with van der Waals surface area (Å²) < 4.78 is 12.6. The van der Waals surface area contributed by atoms with E-state index in [9.17, 15) is 19.5 Å². The van der Waals surface area contributed by atoms with Gasteiger partial charge in [-0.1, -0.05) is 75.4 Å². The minimum absolute atomic E-state index is 0.114. The number of likely N-dealkylation sites (tertiary alicyclic amines) is 1. The molecule has 5 aliphatic rings. The van der Waals surface area contributed by atoms with Crippen LogP contribution < -0.4 is 0 Å². The van der Waals surface area contributed by atoms with E-state index >= 15 is 0 Å². The first-order valence-electron chi connectivity index (χ1n) is 16.2. The molecule has 3 saturated heterocycles. The molecule has 0 aliphatic carbocycles. The molecule has 5 heterocycles. The fourth-order valence-corrected chi connectivity index (χ4v) is 8.01. The number of carbonyl (C=O) groups is 3. The van der Waals surface area contributed by atoms with Crippen LogP contribution in [0.1, 0.15) is 32.8 Å². The van der Waals surface area contributed by atoms with Gasteiger partial charge in [0.25, 0.3) is 0 Å². The Hall–Kier alpha value is -3.05. The normalized spacial score (nSPS) is 33.0. The Balaban J connectivity index is 1.40. The lowest BCUT2D eigenvalue weighted by Gasteiger charge is -2.42. The second-order valence-electron chi connectivity index (χ2n) is 13.1. The summed E-state index contributed by atoms with van der Waals surface area (Å²) in [6, 6.07) is 8.26. The van der Waals surface area contributed by atoms with Crippen LogP contribution in [-0.4, -0.2) is 125 Å². The number of hydrogen-bond acceptors (Lipinski definition) is 7. The van der Waals surface area contributed by atoms with Gasteiger partial charge in [0.15, 0.2) is 0 Å². The standard InChI is InChI=1S/C34H46N4O6/c1-4-33-12-8-15-37(22-25-10-6-5-7-11-25)30(40)27(33)28-31(41)38(26(23-39)24(2)3)29-32(42)36(14-9-13-34(28,29)44-33)17-16-35-18-20-43-21-19-35/h5-13,24,26-29,39H,4,14-23H2,1-3H3/t26-,27-,28-,29?,33+,34-/m0/s1. The summed E-state index contributed by atoms with van der Waals surface area (Å²) >= 11 is 0. The van der Waals surface area contributed by atoms with Gasteiger partial charge in [0.05, 0.1) is 43.3 Å². The molecule has 1 aromatic rings. The van der Waals surface area contributed by atoms with E-state index in [0.717, 1.165) is 18.7 Å². The first kappa shape index (κ1) is 31.0. The van der Waals surface area contributed by atoms with Gasteiger partial charge in [-0.25, -0.2) is 0 Å². The minimum atomic E-state index is -1.33. The average Bonchev–Trinajstić information content (AvgIpc) is 3.33. The molecule has 1 unspecified atom stereocenters. The molecule has 0 bridgehead atoms. The van der Waals surface area contributed by atoms with Crippen LogP contribution in [0.15, 0.2) is 54.6 Å². The van der Waals surface area contributed by atoms with Crippen molar-refractivity contribution in [3.05, 3.63) is 60.2 Å². The number of ether oxygens (including phenoxy) is 2. The second-order valence-corrected chi connectivity index (χ2v) is 13.1. The molecule has 238 valence electrons. The van der Waals surface area contributed by atoms with E-state index in [1.54, 1.807) is 14.7 Å². The third-order valence-electron chi connectivity index (χ3n) is 10.4. The molecular formula is C34H46N4O6. The summed E-state index contributed by atoms with van der Waals surface area (Å²) in [6.07, 6.45) is 8.26. The van der Waals surface area contributed by atoms with E-state index < -0.39 is 35.1 Å². The number of nitrogens with zero attached hydrogens (tertiary/aromatic N) is 4. The number of rotatable bonds is 9. The van der Waals surface area contributed by atoms with E-state index in [-0.39, 0.29) is 30.2 Å². The van der Waals surface area contributed by atoms with Crippen LogP contribution in [0.2, 0.25) is 0 Å². The zero-order valence-electron chi connectivity index (χ0n) is 26.1. The number of carbonyl (C=O) groups excluding carboxylic acids is 3. The van der Waals surface area contributed by atoms with Gasteiger partial charge in [-0.15, -0.1) is 0 Å². The van der Waals surface area contributed by atoms with Crippen molar-refractivity contribution >= 4 is 17.7 Å². The van der Waals surface area contributed by atoms with Crippen molar-refractivity contribution in [1.82, 2.24) is 19.6 Å². The van der Waals surface area contributed by atoms with Crippen molar-refractivity contribution in [1.29, 1.82) is 0 Å². The summed E-state index contributed by atoms with van der Waals surface area (Å²) in [5.74, 6) is -2.45. The SMILES string of the molecule is CC[C@@]12C=CCN(Cc3ccccc3)C(=O)[C@@H]1[C@H]1C(=O)N([C@@H](CO)C(C)C)C3C(=O)N(CCN4CCOCC4)CC=C[C@@]31O2. The Labute approximate surface area is 260 Å². The van der Waals surface area contributed by atoms with Crippen molar-refractivity contribution in [2.24, 2.45) is 17.8 Å². The van der Waals surface area contributed by atoms with E-state index in [2.05, 4.69) is 4.90 Å². The number of amides is 3. The van der Waals surface area contributed by atoms with E-state index in [0.29, 0.717) is 52.4 Å². The highest BCUT2D eigenvalue weighted by atomic mass is 16.5. The first-order chi connectivity index (χ1) is 21.3. The van der Waals surface area contributed by atoms with Crippen LogP contribution in [0.4, 0.5) is 0 Å². The molecule has 6 rings (SSSR count). The van der Waals surface area contributed by atoms with Gasteiger partial charge in [-0.2, -0.15) is 0 Å². The van der Waals surface area contributed by atoms with Crippen LogP contribution in [-0.2, 0) is 30.4 Å². The maximum absolute atomic E-state index is 14.8. The molecule has 3 fully saturated rings. The van der Waals surface area contributed by atoms with Gasteiger partial charge in [0.2, 0.25) is 17.7 Å². The van der Waals surface area contributed by atoms with Crippen molar-refractivity contribution in [2.75, 3.05) is 59.1 Å². The van der Waals surface area contributed by atoms with Crippen LogP contribution in [0.3, 0.4) is 0 Å². The molecule has 6 atom stereocenters. The highest BCUT2D eigenvalue weighted by Gasteiger charge is 2.76. The third kappa shape index (κ3) is 5.09. The third-order valence-corrected chi connectivity index (χ3v) is 10.4. The van der Waals surface area contributed by atoms with Crippen molar-refractivity contribution in [3.63, 3.8) is 0 Å². The maximum atomic E-state index is 14.8. The zero-order chi connectivity index (χ0) is 31.1. The van der Waals surface area contributed by atoms with Crippen molar-refractivity contribution in [3.8, 4) is 0 Å². The monoisotopic (exact) mass is 606 g/mol. The number of hydrogen-bond donors (Lipinski definition) is 1. The summed E-state index contributed by atoms with van der Waals surface area (Å²) in [6.45, 7) is 11.0. The molecule has 0 aromatic heterocycles. The molecule has 1 spiro atoms. The fourth-order valence-electron chi connectivity index (χ4n) is 8.01. The molecule has 0 radical (unpaired) electrons. The van der Waals surface area contributed by atoms with Gasteiger partial charge >= 0.3 is 0 Å². The van der Waals surface area contributed by atoms with E-state index in [4.69, 9.17) is 9.47 Å². The Morgan fingerprint density at radius 1 is 0.909 bits per heavy atom. The topological polar surface area (TPSA) is 103 Å². The van der Waals surface area contributed by atoms with Gasteiger partial charge < -0.3 is 29.3 Å². The highest BCUT2D eigenvalue weighted by Crippen LogP contribution is 2.59. The van der Waals surface area contributed by atoms with Crippen LogP contribution in [0, 0.1) is 17.8 Å². The van der Waals surface area contributed by atoms with Gasteiger partial charge in [0, 0.05) is 45.8 Å². The summed E-state index contributed by atoms with van der Waals surface area (Å²) in [5.41, 5.74) is -1.36. The Morgan fingerprint density at radius 2 is 1.61 bits per heavy atom. The molecule has 1 N–H and O–H groups in total. The molecule has 10 heteroatoms. The largest absolute Gasteiger partial charge is 0.394 e. The zero-order valence-corrected chi connectivity index (χ0v) is 26.1. The number of benzene rings is 1. The molecule has 5 aliphatic heterocycles. The van der Waals surface area contributed by atoms with Crippen LogP contribution >= 0.6 is 0 Å². The van der Waals surface area contributed by atoms with Gasteiger partial charge in [-0.05, 0) is 17.9 Å². The Bertz CT molecular complexity index is 1300. The molecule has 1 aromatic carbocycles. The van der Waals surface area contributed by atoms with Crippen molar-refractivity contribution in [2.45, 2.75) is 57.0 Å². The van der Waals surface area contributed by atoms with Crippen LogP contribution in [0.25, 0.3) is 0 Å². The lowest BCUT2D eigenvalue weighted by atomic mass is 9.73. The molecule has 0 saturated carbocycles. The molecule has 44 heavy (non-hydrogen) atoms. The molecule has 10 nitrogen and oxygen atoms in total. The fraction of sp³-hybridized carbons (Fsp3) is 0.618. The quantitative estimate of drug-likeness (QED) is 0.427. The smallest absolute Gasteiger partial charge is 0.249 e. The average molecular weight is 607 g/mol. The van der Waals surface area contributed by atoms with Gasteiger partial charge in [0.1, 0.15) is 11.6 Å². The van der Waals surface area contributed by atoms with Crippen LogP contribution in [0.5, 0.6) is 0 Å². The highest BCUT2D eigenvalue weighted by molar-refractivity contribution is 6.00.